The van der Waals surface area contributed by atoms with Gasteiger partial charge in [0.1, 0.15) is 4.99 Å². The van der Waals surface area contributed by atoms with Gasteiger partial charge in [-0.25, -0.2) is 4.79 Å². The molecule has 0 saturated carbocycles. The Kier molecular flexibility index (Phi) is 4.40. The summed E-state index contributed by atoms with van der Waals surface area (Å²) >= 11 is 4.98. The number of carbonyl (C=O) groups excluding carboxylic acids is 1. The number of amides is 2. The van der Waals surface area contributed by atoms with Gasteiger partial charge in [-0.3, -0.25) is 4.90 Å². The lowest BCUT2D eigenvalue weighted by Gasteiger charge is -2.19. The molecule has 2 amide bonds. The van der Waals surface area contributed by atoms with Crippen molar-refractivity contribution >= 4 is 40.3 Å². The van der Waals surface area contributed by atoms with Gasteiger partial charge in [0.15, 0.2) is 0 Å². The summed E-state index contributed by atoms with van der Waals surface area (Å²) in [5.74, 6) is 0. The fourth-order valence-corrected chi connectivity index (χ4v) is 2.95. The summed E-state index contributed by atoms with van der Waals surface area (Å²) in [7, 11) is 4.02. The highest BCUT2D eigenvalue weighted by molar-refractivity contribution is 7.80. The molecule has 0 bridgehead atoms. The molecule has 0 atom stereocenters. The first-order chi connectivity index (χ1) is 11.5. The number of nitrogens with two attached hydrogens (primary N) is 1. The van der Waals surface area contributed by atoms with Crippen LogP contribution < -0.4 is 20.9 Å². The minimum absolute atomic E-state index is 0.147. The standard InChI is InChI=1S/C18H20N4OS/c1-21(2)15-6-7-16-12(11-15)8-9-22(16)18(23)20-14-5-3-4-13(10-14)17(19)24/h3-7,10-11H,8-9H2,1-2H3,(H2,19,24)(H,20,23). The number of anilines is 3. The second-order valence-electron chi connectivity index (χ2n) is 5.98. The van der Waals surface area contributed by atoms with Crippen molar-refractivity contribution in [2.75, 3.05) is 35.8 Å². The zero-order valence-electron chi connectivity index (χ0n) is 13.7. The normalized spacial score (nSPS) is 12.7. The number of nitrogens with one attached hydrogen (secondary N) is 1. The smallest absolute Gasteiger partial charge is 0.326 e. The molecule has 0 aliphatic carbocycles. The van der Waals surface area contributed by atoms with Crippen LogP contribution in [0.5, 0.6) is 0 Å². The molecular weight excluding hydrogens is 320 g/mol. The quantitative estimate of drug-likeness (QED) is 0.843. The second-order valence-corrected chi connectivity index (χ2v) is 6.42. The third kappa shape index (κ3) is 3.19. The molecular formula is C18H20N4OS. The van der Waals surface area contributed by atoms with Crippen molar-refractivity contribution in [2.24, 2.45) is 5.73 Å². The largest absolute Gasteiger partial charge is 0.389 e. The van der Waals surface area contributed by atoms with Crippen molar-refractivity contribution in [2.45, 2.75) is 6.42 Å². The van der Waals surface area contributed by atoms with Crippen molar-refractivity contribution in [3.05, 3.63) is 53.6 Å². The monoisotopic (exact) mass is 340 g/mol. The van der Waals surface area contributed by atoms with E-state index < -0.39 is 0 Å². The number of rotatable bonds is 3. The minimum Gasteiger partial charge on any atom is -0.389 e. The lowest BCUT2D eigenvalue weighted by Crippen LogP contribution is -2.33. The Morgan fingerprint density at radius 2 is 2.04 bits per heavy atom. The van der Waals surface area contributed by atoms with E-state index in [-0.39, 0.29) is 6.03 Å². The number of fused-ring (bicyclic) bond motifs is 1. The number of thiocarbonyl (C=S) groups is 1. The summed E-state index contributed by atoms with van der Waals surface area (Å²) in [5, 5.41) is 2.92. The fourth-order valence-electron chi connectivity index (χ4n) is 2.82. The summed E-state index contributed by atoms with van der Waals surface area (Å²) in [6.45, 7) is 0.674. The highest BCUT2D eigenvalue weighted by Gasteiger charge is 2.25. The van der Waals surface area contributed by atoms with E-state index in [1.165, 1.54) is 5.56 Å². The number of nitrogens with zero attached hydrogens (tertiary/aromatic N) is 2. The van der Waals surface area contributed by atoms with Gasteiger partial charge in [0.25, 0.3) is 0 Å². The average Bonchev–Trinajstić information content (AvgIpc) is 2.98. The Morgan fingerprint density at radius 1 is 1.25 bits per heavy atom. The van der Waals surface area contributed by atoms with Crippen LogP contribution in [0.15, 0.2) is 42.5 Å². The van der Waals surface area contributed by atoms with Gasteiger partial charge in [0, 0.05) is 43.3 Å². The summed E-state index contributed by atoms with van der Waals surface area (Å²) in [4.78, 5) is 16.8. The topological polar surface area (TPSA) is 61.6 Å². The second kappa shape index (κ2) is 6.49. The van der Waals surface area contributed by atoms with Crippen LogP contribution in [0.3, 0.4) is 0 Å². The van der Waals surface area contributed by atoms with Crippen molar-refractivity contribution < 1.29 is 4.79 Å². The van der Waals surface area contributed by atoms with Crippen LogP contribution in [-0.2, 0) is 6.42 Å². The highest BCUT2D eigenvalue weighted by atomic mass is 32.1. The summed E-state index contributed by atoms with van der Waals surface area (Å²) < 4.78 is 0. The molecule has 0 spiro atoms. The predicted molar refractivity (Wildman–Crippen MR) is 103 cm³/mol. The Morgan fingerprint density at radius 3 is 2.75 bits per heavy atom. The Hall–Kier alpha value is -2.60. The maximum absolute atomic E-state index is 12.6. The van der Waals surface area contributed by atoms with Crippen molar-refractivity contribution in [3.8, 4) is 0 Å². The van der Waals surface area contributed by atoms with Crippen molar-refractivity contribution in [1.29, 1.82) is 0 Å². The van der Waals surface area contributed by atoms with Gasteiger partial charge in [-0.15, -0.1) is 0 Å². The lowest BCUT2D eigenvalue weighted by molar-refractivity contribution is 0.257. The van der Waals surface area contributed by atoms with Gasteiger partial charge in [-0.2, -0.15) is 0 Å². The van der Waals surface area contributed by atoms with E-state index in [0.29, 0.717) is 17.2 Å². The van der Waals surface area contributed by atoms with Crippen molar-refractivity contribution in [3.63, 3.8) is 0 Å². The molecule has 6 heteroatoms. The molecule has 124 valence electrons. The van der Waals surface area contributed by atoms with Gasteiger partial charge < -0.3 is 16.0 Å². The molecule has 1 heterocycles. The first kappa shape index (κ1) is 16.3. The fraction of sp³-hybridized carbons (Fsp3) is 0.222. The third-order valence-electron chi connectivity index (χ3n) is 4.12. The maximum Gasteiger partial charge on any atom is 0.326 e. The van der Waals surface area contributed by atoms with E-state index in [9.17, 15) is 4.79 Å². The van der Waals surface area contributed by atoms with E-state index >= 15 is 0 Å². The van der Waals surface area contributed by atoms with E-state index in [2.05, 4.69) is 16.3 Å². The van der Waals surface area contributed by atoms with E-state index in [1.807, 2.05) is 44.4 Å². The first-order valence-corrected chi connectivity index (χ1v) is 8.15. The van der Waals surface area contributed by atoms with Crippen molar-refractivity contribution in [1.82, 2.24) is 0 Å². The molecule has 2 aromatic rings. The van der Waals surface area contributed by atoms with Gasteiger partial charge >= 0.3 is 6.03 Å². The molecule has 0 aromatic heterocycles. The lowest BCUT2D eigenvalue weighted by atomic mass is 10.1. The zero-order valence-corrected chi connectivity index (χ0v) is 14.6. The van der Waals surface area contributed by atoms with Gasteiger partial charge in [0.05, 0.1) is 0 Å². The molecule has 3 N–H and O–H groups in total. The molecule has 1 aliphatic heterocycles. The summed E-state index contributed by atoms with van der Waals surface area (Å²) in [6.07, 6.45) is 0.858. The summed E-state index contributed by atoms with van der Waals surface area (Å²) in [6, 6.07) is 13.3. The molecule has 0 unspecified atom stereocenters. The molecule has 0 radical (unpaired) electrons. The van der Waals surface area contributed by atoms with Crippen LogP contribution in [0.2, 0.25) is 0 Å². The molecule has 2 aromatic carbocycles. The Balaban J connectivity index is 1.78. The number of benzene rings is 2. The predicted octanol–water partition coefficient (Wildman–Crippen LogP) is 2.98. The SMILES string of the molecule is CN(C)c1ccc2c(c1)CCN2C(=O)Nc1cccc(C(N)=S)c1. The molecule has 0 fully saturated rings. The molecule has 0 saturated heterocycles. The molecule has 5 nitrogen and oxygen atoms in total. The van der Waals surface area contributed by atoms with Gasteiger partial charge in [0.2, 0.25) is 0 Å². The van der Waals surface area contributed by atoms with Crippen LogP contribution in [-0.4, -0.2) is 31.7 Å². The van der Waals surface area contributed by atoms with E-state index in [4.69, 9.17) is 18.0 Å². The average molecular weight is 340 g/mol. The maximum atomic E-state index is 12.6. The third-order valence-corrected chi connectivity index (χ3v) is 4.35. The molecule has 1 aliphatic rings. The number of hydrogen-bond acceptors (Lipinski definition) is 3. The van der Waals surface area contributed by atoms with Gasteiger partial charge in [-0.1, -0.05) is 24.4 Å². The van der Waals surface area contributed by atoms with E-state index in [1.54, 1.807) is 11.0 Å². The van der Waals surface area contributed by atoms with Crippen LogP contribution in [0.25, 0.3) is 0 Å². The number of carbonyl (C=O) groups is 1. The number of hydrogen-bond donors (Lipinski definition) is 2. The van der Waals surface area contributed by atoms with Crippen LogP contribution in [0, 0.1) is 0 Å². The van der Waals surface area contributed by atoms with Crippen LogP contribution in [0.4, 0.5) is 21.9 Å². The van der Waals surface area contributed by atoms with E-state index in [0.717, 1.165) is 23.4 Å². The molecule has 3 rings (SSSR count). The minimum atomic E-state index is -0.147. The molecule has 24 heavy (non-hydrogen) atoms. The Labute approximate surface area is 147 Å². The first-order valence-electron chi connectivity index (χ1n) is 7.74. The number of urea groups is 1. The van der Waals surface area contributed by atoms with Crippen LogP contribution in [0.1, 0.15) is 11.1 Å². The highest BCUT2D eigenvalue weighted by Crippen LogP contribution is 2.31. The summed E-state index contributed by atoms with van der Waals surface area (Å²) in [5.41, 5.74) is 10.4. The Bertz CT molecular complexity index is 803. The van der Waals surface area contributed by atoms with Crippen LogP contribution >= 0.6 is 12.2 Å². The van der Waals surface area contributed by atoms with Gasteiger partial charge in [-0.05, 0) is 42.3 Å². The zero-order chi connectivity index (χ0) is 17.3.